The average Bonchev–Trinajstić information content (AvgIpc) is 2.78. The molecule has 7 nitrogen and oxygen atoms in total. The Morgan fingerprint density at radius 1 is 1.20 bits per heavy atom. The van der Waals surface area contributed by atoms with Gasteiger partial charge in [0.2, 0.25) is 0 Å². The van der Waals surface area contributed by atoms with E-state index in [2.05, 4.69) is 31.9 Å². The minimum atomic E-state index is -2.53. The zero-order valence-electron chi connectivity index (χ0n) is 20.0. The first kappa shape index (κ1) is 16.7. The van der Waals surface area contributed by atoms with Gasteiger partial charge >= 0.3 is 0 Å². The molecule has 1 amide bonds. The van der Waals surface area contributed by atoms with Crippen LogP contribution in [0.15, 0.2) is 41.5 Å². The van der Waals surface area contributed by atoms with Gasteiger partial charge in [-0.15, -0.1) is 0 Å². The van der Waals surface area contributed by atoms with Gasteiger partial charge in [-0.3, -0.25) is 14.5 Å². The molecule has 2 aliphatic rings. The van der Waals surface area contributed by atoms with Crippen LogP contribution in [0.1, 0.15) is 39.1 Å². The smallest absolute Gasteiger partial charge is 0.269 e. The van der Waals surface area contributed by atoms with Crippen molar-refractivity contribution in [2.45, 2.75) is 26.3 Å². The van der Waals surface area contributed by atoms with Crippen molar-refractivity contribution in [1.29, 1.82) is 0 Å². The van der Waals surface area contributed by atoms with Crippen molar-refractivity contribution >= 4 is 28.8 Å². The molecule has 3 heterocycles. The van der Waals surface area contributed by atoms with Gasteiger partial charge < -0.3 is 10.2 Å². The van der Waals surface area contributed by atoms with Crippen LogP contribution < -0.4 is 10.2 Å². The van der Waals surface area contributed by atoms with E-state index in [0.717, 1.165) is 49.7 Å². The molecule has 30 heavy (non-hydrogen) atoms. The van der Waals surface area contributed by atoms with Crippen molar-refractivity contribution in [2.24, 2.45) is 4.99 Å². The number of pyridine rings is 1. The molecule has 2 aliphatic heterocycles. The lowest BCUT2D eigenvalue weighted by Crippen LogP contribution is -2.46. The number of carbonyl (C=O) groups is 2. The number of fused-ring (bicyclic) bond motifs is 1. The maximum atomic E-state index is 12.2. The van der Waals surface area contributed by atoms with Crippen LogP contribution in [-0.4, -0.2) is 60.4 Å². The first-order chi connectivity index (χ1) is 15.7. The van der Waals surface area contributed by atoms with Crippen molar-refractivity contribution in [1.82, 2.24) is 15.2 Å². The number of piperazine rings is 1. The Kier molecular flexibility index (Phi) is 4.87. The fraction of sp³-hybridized carbons (Fsp3) is 0.391. The molecule has 2 aromatic rings. The van der Waals surface area contributed by atoms with Crippen LogP contribution in [0.3, 0.4) is 0 Å². The molecule has 0 unspecified atom stereocenters. The van der Waals surface area contributed by atoms with Gasteiger partial charge in [0.25, 0.3) is 5.91 Å². The zero-order chi connectivity index (χ0) is 23.6. The van der Waals surface area contributed by atoms with Crippen LogP contribution in [0.25, 0.3) is 0 Å². The van der Waals surface area contributed by atoms with Crippen LogP contribution in [0.4, 0.5) is 11.4 Å². The van der Waals surface area contributed by atoms with Crippen molar-refractivity contribution < 1.29 is 13.7 Å². The molecule has 4 rings (SSSR count). The number of anilines is 1. The lowest BCUT2D eigenvalue weighted by atomic mass is 9.97. The number of nitrogens with zero attached hydrogens (tertiary/aromatic N) is 4. The van der Waals surface area contributed by atoms with Gasteiger partial charge in [0.05, 0.1) is 23.3 Å². The predicted molar refractivity (Wildman–Crippen MR) is 118 cm³/mol. The third kappa shape index (κ3) is 4.26. The summed E-state index contributed by atoms with van der Waals surface area (Å²) in [6, 6.07) is 9.54. The number of benzene rings is 1. The first-order valence-electron chi connectivity index (χ1n) is 11.7. The number of aliphatic imine (C=N–C) groups is 1. The lowest BCUT2D eigenvalue weighted by Gasteiger charge is -2.36. The molecule has 7 heteroatoms. The van der Waals surface area contributed by atoms with E-state index in [4.69, 9.17) is 4.11 Å². The molecule has 0 radical (unpaired) electrons. The summed E-state index contributed by atoms with van der Waals surface area (Å²) in [7, 11) is 0. The van der Waals surface area contributed by atoms with Crippen molar-refractivity contribution in [3.63, 3.8) is 0 Å². The number of ketones is 1. The second-order valence-electron chi connectivity index (χ2n) is 7.59. The number of amides is 1. The van der Waals surface area contributed by atoms with Gasteiger partial charge in [-0.05, 0) is 35.7 Å². The standard InChI is InChI=1S/C23H27N5O2/c1-3-19-22(29)13-17-12-16(4-6-20(17)26-19)15-27-8-10-28(11-9-27)18-5-7-21(25-14-18)23(30)24-2/h4-7,12,14H,3,8-11,13,15H2,1-2H3,(H,24,30)/i2D3. The highest BCUT2D eigenvalue weighted by Crippen LogP contribution is 2.27. The van der Waals surface area contributed by atoms with E-state index >= 15 is 0 Å². The van der Waals surface area contributed by atoms with Gasteiger partial charge in [-0.2, -0.15) is 0 Å². The quantitative estimate of drug-likeness (QED) is 0.822. The monoisotopic (exact) mass is 408 g/mol. The highest BCUT2D eigenvalue weighted by Gasteiger charge is 2.21. The van der Waals surface area contributed by atoms with Crippen LogP contribution >= 0.6 is 0 Å². The first-order valence-corrected chi connectivity index (χ1v) is 10.2. The molecule has 1 saturated heterocycles. The lowest BCUT2D eigenvalue weighted by molar-refractivity contribution is -0.112. The molecule has 156 valence electrons. The van der Waals surface area contributed by atoms with Crippen molar-refractivity contribution in [3.8, 4) is 0 Å². The van der Waals surface area contributed by atoms with Gasteiger partial charge in [0.1, 0.15) is 5.69 Å². The fourth-order valence-corrected chi connectivity index (χ4v) is 3.94. The van der Waals surface area contributed by atoms with Gasteiger partial charge in [0.15, 0.2) is 5.78 Å². The maximum Gasteiger partial charge on any atom is 0.269 e. The van der Waals surface area contributed by atoms with E-state index in [1.807, 2.05) is 18.3 Å². The Balaban J connectivity index is 1.32. The molecular weight excluding hydrogens is 378 g/mol. The molecule has 0 aliphatic carbocycles. The number of hydrogen-bond acceptors (Lipinski definition) is 6. The van der Waals surface area contributed by atoms with E-state index in [-0.39, 0.29) is 11.5 Å². The Labute approximate surface area is 181 Å². The number of Topliss-reactive ketones (excluding diaryl/α,β-unsaturated/α-hetero) is 1. The molecule has 0 spiro atoms. The largest absolute Gasteiger partial charge is 0.368 e. The number of carbonyl (C=O) groups excluding carboxylic acids is 2. The molecular formula is C23H27N5O2. The molecule has 0 atom stereocenters. The van der Waals surface area contributed by atoms with Crippen LogP contribution in [-0.2, 0) is 17.8 Å². The van der Waals surface area contributed by atoms with Crippen LogP contribution in [0, 0.1) is 0 Å². The minimum absolute atomic E-state index is 0.0785. The molecule has 1 fully saturated rings. The number of hydrogen-bond donors (Lipinski definition) is 1. The third-order valence-electron chi connectivity index (χ3n) is 5.64. The SMILES string of the molecule is [2H]C([2H])([2H])NC(=O)c1ccc(N2CCN(Cc3ccc4c(c3)CC(=O)C(CC)=N4)CC2)cn1. The number of nitrogens with one attached hydrogen (secondary N) is 1. The summed E-state index contributed by atoms with van der Waals surface area (Å²) < 4.78 is 21.4. The number of aromatic nitrogens is 1. The van der Waals surface area contributed by atoms with Gasteiger partial charge in [-0.25, -0.2) is 9.98 Å². The average molecular weight is 409 g/mol. The van der Waals surface area contributed by atoms with Gasteiger partial charge in [-0.1, -0.05) is 19.1 Å². The molecule has 1 aromatic heterocycles. The molecule has 0 saturated carbocycles. The van der Waals surface area contributed by atoms with E-state index in [0.29, 0.717) is 18.6 Å². The maximum absolute atomic E-state index is 12.2. The van der Waals surface area contributed by atoms with Crippen LogP contribution in [0.2, 0.25) is 0 Å². The second-order valence-corrected chi connectivity index (χ2v) is 7.59. The van der Waals surface area contributed by atoms with E-state index in [1.54, 1.807) is 18.3 Å². The Morgan fingerprint density at radius 2 is 2.03 bits per heavy atom. The Bertz CT molecular complexity index is 1070. The van der Waals surface area contributed by atoms with Crippen molar-refractivity contribution in [2.75, 3.05) is 38.1 Å². The normalized spacial score (nSPS) is 18.7. The number of rotatable bonds is 5. The highest BCUT2D eigenvalue weighted by molar-refractivity contribution is 6.41. The van der Waals surface area contributed by atoms with E-state index < -0.39 is 12.9 Å². The van der Waals surface area contributed by atoms with E-state index in [9.17, 15) is 9.59 Å². The van der Waals surface area contributed by atoms with E-state index in [1.165, 1.54) is 5.56 Å². The topological polar surface area (TPSA) is 77.9 Å². The summed E-state index contributed by atoms with van der Waals surface area (Å²) in [6.07, 6.45) is 2.70. The van der Waals surface area contributed by atoms with Crippen LogP contribution in [0.5, 0.6) is 0 Å². The minimum Gasteiger partial charge on any atom is -0.368 e. The Morgan fingerprint density at radius 3 is 2.73 bits per heavy atom. The van der Waals surface area contributed by atoms with Crippen molar-refractivity contribution in [3.05, 3.63) is 53.3 Å². The molecule has 1 N–H and O–H groups in total. The molecule has 0 bridgehead atoms. The predicted octanol–water partition coefficient (Wildman–Crippen LogP) is 2.37. The second kappa shape index (κ2) is 8.75. The highest BCUT2D eigenvalue weighted by atomic mass is 16.1. The molecule has 1 aromatic carbocycles. The zero-order valence-corrected chi connectivity index (χ0v) is 17.0. The fourth-order valence-electron chi connectivity index (χ4n) is 3.94. The van der Waals surface area contributed by atoms with Gasteiger partial charge in [0, 0.05) is 50.2 Å². The summed E-state index contributed by atoms with van der Waals surface area (Å²) >= 11 is 0. The summed E-state index contributed by atoms with van der Waals surface area (Å²) in [5.74, 6) is -0.596. The Hall–Kier alpha value is -3.06. The summed E-state index contributed by atoms with van der Waals surface area (Å²) in [6.45, 7) is 3.60. The third-order valence-corrected chi connectivity index (χ3v) is 5.64. The summed E-state index contributed by atoms with van der Waals surface area (Å²) in [5.41, 5.74) is 4.72. The summed E-state index contributed by atoms with van der Waals surface area (Å²) in [4.78, 5) is 37.3. The summed E-state index contributed by atoms with van der Waals surface area (Å²) in [5, 5.41) is 1.94.